The maximum atomic E-state index is 13.9. The summed E-state index contributed by atoms with van der Waals surface area (Å²) in [6.07, 6.45) is -0.0160. The first kappa shape index (κ1) is 28.1. The van der Waals surface area contributed by atoms with Crippen LogP contribution in [0.15, 0.2) is 54.6 Å². The molecule has 208 valence electrons. The molecule has 1 aliphatic heterocycles. The van der Waals surface area contributed by atoms with Crippen molar-refractivity contribution in [2.75, 3.05) is 19.0 Å². The Morgan fingerprint density at radius 3 is 2.36 bits per heavy atom. The number of benzene rings is 2. The lowest BCUT2D eigenvalue weighted by atomic mass is 9.62. The Labute approximate surface area is 225 Å². The summed E-state index contributed by atoms with van der Waals surface area (Å²) >= 11 is 0. The second kappa shape index (κ2) is 10.7. The highest BCUT2D eigenvalue weighted by molar-refractivity contribution is 6.00. The lowest BCUT2D eigenvalue weighted by Gasteiger charge is -2.49. The van der Waals surface area contributed by atoms with Gasteiger partial charge < -0.3 is 14.2 Å². The number of amides is 2. The third kappa shape index (κ3) is 6.74. The SMILES string of the molecule is COC(=O)c1ccc(C2=CC3(CCN2C(=O)OC(C)(C)C)CC(F)(F)C3)cc1NC(=O)OCc1ccccc1. The van der Waals surface area contributed by atoms with Gasteiger partial charge in [-0.2, -0.15) is 0 Å². The van der Waals surface area contributed by atoms with Gasteiger partial charge >= 0.3 is 18.2 Å². The average molecular weight is 543 g/mol. The van der Waals surface area contributed by atoms with E-state index in [0.717, 1.165) is 5.56 Å². The number of nitrogens with one attached hydrogen (secondary N) is 1. The quantitative estimate of drug-likeness (QED) is 0.337. The van der Waals surface area contributed by atoms with Crippen LogP contribution >= 0.6 is 0 Å². The second-order valence-electron chi connectivity index (χ2n) is 10.9. The number of alkyl halides is 2. The van der Waals surface area contributed by atoms with Crippen molar-refractivity contribution in [3.8, 4) is 0 Å². The van der Waals surface area contributed by atoms with Crippen LogP contribution in [0.2, 0.25) is 0 Å². The zero-order chi connectivity index (χ0) is 28.4. The van der Waals surface area contributed by atoms with Crippen molar-refractivity contribution in [3.63, 3.8) is 0 Å². The van der Waals surface area contributed by atoms with Crippen molar-refractivity contribution in [2.45, 2.75) is 58.2 Å². The number of esters is 1. The summed E-state index contributed by atoms with van der Waals surface area (Å²) in [5.41, 5.74) is 0.177. The summed E-state index contributed by atoms with van der Waals surface area (Å²) in [5, 5.41) is 2.58. The van der Waals surface area contributed by atoms with Crippen LogP contribution in [0, 0.1) is 5.41 Å². The zero-order valence-corrected chi connectivity index (χ0v) is 22.4. The fourth-order valence-electron chi connectivity index (χ4n) is 4.86. The van der Waals surface area contributed by atoms with E-state index in [1.54, 1.807) is 45.0 Å². The van der Waals surface area contributed by atoms with E-state index < -0.39 is 35.1 Å². The Balaban J connectivity index is 1.67. The molecule has 8 nitrogen and oxygen atoms in total. The molecule has 0 atom stereocenters. The molecule has 0 bridgehead atoms. The first-order valence-electron chi connectivity index (χ1n) is 12.6. The Bertz CT molecular complexity index is 1280. The molecule has 1 aliphatic carbocycles. The highest BCUT2D eigenvalue weighted by Crippen LogP contribution is 2.57. The minimum atomic E-state index is -2.76. The lowest BCUT2D eigenvalue weighted by Crippen LogP contribution is -2.50. The van der Waals surface area contributed by atoms with E-state index in [9.17, 15) is 23.2 Å². The standard InChI is InChI=1S/C29H32F2N2O6/c1-27(2,3)39-26(36)33-13-12-28(17-29(30,31)18-28)15-23(33)20-10-11-21(24(34)37-4)22(14-20)32-25(35)38-16-19-8-6-5-7-9-19/h5-11,14-15H,12-13,16-18H2,1-4H3,(H,32,35). The van der Waals surface area contributed by atoms with Gasteiger partial charge in [-0.25, -0.2) is 23.2 Å². The average Bonchev–Trinajstić information content (AvgIpc) is 2.85. The van der Waals surface area contributed by atoms with Crippen molar-refractivity contribution in [1.82, 2.24) is 4.90 Å². The van der Waals surface area contributed by atoms with Crippen LogP contribution in [0.1, 0.15) is 61.5 Å². The third-order valence-electron chi connectivity index (χ3n) is 6.57. The Morgan fingerprint density at radius 1 is 1.05 bits per heavy atom. The Morgan fingerprint density at radius 2 is 1.74 bits per heavy atom. The third-order valence-corrected chi connectivity index (χ3v) is 6.57. The first-order valence-corrected chi connectivity index (χ1v) is 12.6. The van der Waals surface area contributed by atoms with E-state index in [2.05, 4.69) is 5.32 Å². The molecule has 0 unspecified atom stereocenters. The highest BCUT2D eigenvalue weighted by Gasteiger charge is 2.56. The Kier molecular flexibility index (Phi) is 7.68. The van der Waals surface area contributed by atoms with Gasteiger partial charge in [-0.3, -0.25) is 10.2 Å². The van der Waals surface area contributed by atoms with Crippen molar-refractivity contribution in [2.24, 2.45) is 5.41 Å². The number of carbonyl (C=O) groups excluding carboxylic acids is 3. The van der Waals surface area contributed by atoms with E-state index in [1.807, 2.05) is 18.2 Å². The highest BCUT2D eigenvalue weighted by atomic mass is 19.3. The first-order chi connectivity index (χ1) is 18.3. The van der Waals surface area contributed by atoms with Crippen LogP contribution in [0.5, 0.6) is 0 Å². The van der Waals surface area contributed by atoms with Gasteiger partial charge in [-0.1, -0.05) is 42.5 Å². The largest absolute Gasteiger partial charge is 0.465 e. The molecule has 1 N–H and O–H groups in total. The fourth-order valence-corrected chi connectivity index (χ4v) is 4.86. The number of nitrogens with zero attached hydrogens (tertiary/aromatic N) is 1. The molecule has 2 aliphatic rings. The predicted octanol–water partition coefficient (Wildman–Crippen LogP) is 6.62. The summed E-state index contributed by atoms with van der Waals surface area (Å²) < 4.78 is 43.5. The van der Waals surface area contributed by atoms with Crippen molar-refractivity contribution < 1.29 is 37.4 Å². The number of halogens is 2. The van der Waals surface area contributed by atoms with Crippen LogP contribution in [0.3, 0.4) is 0 Å². The number of anilines is 1. The van der Waals surface area contributed by atoms with Gasteiger partial charge in [0.15, 0.2) is 0 Å². The van der Waals surface area contributed by atoms with E-state index in [-0.39, 0.29) is 37.2 Å². The zero-order valence-electron chi connectivity index (χ0n) is 22.4. The van der Waals surface area contributed by atoms with Gasteiger partial charge in [0, 0.05) is 30.4 Å². The molecular formula is C29H32F2N2O6. The smallest absolute Gasteiger partial charge is 0.414 e. The molecule has 1 fully saturated rings. The van der Waals surface area contributed by atoms with Crippen molar-refractivity contribution >= 4 is 29.5 Å². The van der Waals surface area contributed by atoms with Gasteiger partial charge in [-0.05, 0) is 44.9 Å². The summed E-state index contributed by atoms with van der Waals surface area (Å²) in [6, 6.07) is 13.6. The minimum absolute atomic E-state index is 0.00816. The van der Waals surface area contributed by atoms with Gasteiger partial charge in [0.2, 0.25) is 5.92 Å². The lowest BCUT2D eigenvalue weighted by molar-refractivity contribution is -0.146. The van der Waals surface area contributed by atoms with Gasteiger partial charge in [-0.15, -0.1) is 0 Å². The van der Waals surface area contributed by atoms with E-state index in [0.29, 0.717) is 17.7 Å². The Hall–Kier alpha value is -3.95. The van der Waals surface area contributed by atoms with Crippen LogP contribution < -0.4 is 5.32 Å². The van der Waals surface area contributed by atoms with E-state index >= 15 is 0 Å². The molecule has 0 radical (unpaired) electrons. The number of hydrogen-bond acceptors (Lipinski definition) is 6. The van der Waals surface area contributed by atoms with Crippen LogP contribution in [-0.2, 0) is 20.8 Å². The number of methoxy groups -OCH3 is 1. The monoisotopic (exact) mass is 542 g/mol. The molecule has 39 heavy (non-hydrogen) atoms. The topological polar surface area (TPSA) is 94.2 Å². The summed E-state index contributed by atoms with van der Waals surface area (Å²) in [6.45, 7) is 5.40. The van der Waals surface area contributed by atoms with Crippen LogP contribution in [0.4, 0.5) is 24.1 Å². The number of rotatable bonds is 5. The number of carbonyl (C=O) groups is 3. The molecule has 1 spiro atoms. The number of hydrogen-bond donors (Lipinski definition) is 1. The molecule has 2 amide bonds. The number of ether oxygens (including phenoxy) is 3. The molecule has 1 saturated carbocycles. The normalized spacial score (nSPS) is 17.5. The van der Waals surface area contributed by atoms with Gasteiger partial charge in [0.1, 0.15) is 12.2 Å². The molecular weight excluding hydrogens is 510 g/mol. The minimum Gasteiger partial charge on any atom is -0.465 e. The van der Waals surface area contributed by atoms with E-state index in [1.165, 1.54) is 24.1 Å². The maximum Gasteiger partial charge on any atom is 0.414 e. The van der Waals surface area contributed by atoms with Crippen molar-refractivity contribution in [1.29, 1.82) is 0 Å². The predicted molar refractivity (Wildman–Crippen MR) is 140 cm³/mol. The molecule has 0 aromatic heterocycles. The molecule has 10 heteroatoms. The summed E-state index contributed by atoms with van der Waals surface area (Å²) in [4.78, 5) is 39.6. The van der Waals surface area contributed by atoms with Gasteiger partial charge in [0.05, 0.1) is 24.1 Å². The van der Waals surface area contributed by atoms with Crippen LogP contribution in [-0.4, -0.2) is 48.2 Å². The van der Waals surface area contributed by atoms with Crippen LogP contribution in [0.25, 0.3) is 5.70 Å². The number of allylic oxidation sites excluding steroid dienone is 1. The van der Waals surface area contributed by atoms with E-state index in [4.69, 9.17) is 14.2 Å². The molecule has 4 rings (SSSR count). The van der Waals surface area contributed by atoms with Crippen molar-refractivity contribution in [3.05, 3.63) is 71.3 Å². The maximum absolute atomic E-state index is 13.9. The molecule has 2 aromatic rings. The fraction of sp³-hybridized carbons (Fsp3) is 0.414. The second-order valence-corrected chi connectivity index (χ2v) is 10.9. The molecule has 0 saturated heterocycles. The summed E-state index contributed by atoms with van der Waals surface area (Å²) in [7, 11) is 1.21. The molecule has 1 heterocycles. The van der Waals surface area contributed by atoms with Gasteiger partial charge in [0.25, 0.3) is 0 Å². The molecule has 2 aromatic carbocycles. The summed E-state index contributed by atoms with van der Waals surface area (Å²) in [5.74, 6) is -3.46.